The number of anilines is 2. The van der Waals surface area contributed by atoms with Crippen molar-refractivity contribution < 1.29 is 14.3 Å². The molecule has 0 saturated carbocycles. The Morgan fingerprint density at radius 1 is 1.50 bits per heavy atom. The highest BCUT2D eigenvalue weighted by Crippen LogP contribution is 2.30. The van der Waals surface area contributed by atoms with E-state index in [0.29, 0.717) is 25.1 Å². The van der Waals surface area contributed by atoms with Gasteiger partial charge in [0.05, 0.1) is 24.0 Å². The van der Waals surface area contributed by atoms with E-state index in [-0.39, 0.29) is 5.91 Å². The monoisotopic (exact) mass is 248 g/mol. The lowest BCUT2D eigenvalue weighted by atomic mass is 10.1. The summed E-state index contributed by atoms with van der Waals surface area (Å²) >= 11 is 0. The fourth-order valence-corrected chi connectivity index (χ4v) is 2.07. The topological polar surface area (TPSA) is 58.6 Å². The molecule has 0 bridgehead atoms. The molecule has 0 radical (unpaired) electrons. The van der Waals surface area contributed by atoms with Gasteiger partial charge in [0, 0.05) is 19.5 Å². The minimum Gasteiger partial charge on any atom is -0.465 e. The largest absolute Gasteiger partial charge is 0.465 e. The van der Waals surface area contributed by atoms with Crippen molar-refractivity contribution in [2.24, 2.45) is 0 Å². The van der Waals surface area contributed by atoms with Gasteiger partial charge in [0.2, 0.25) is 5.91 Å². The van der Waals surface area contributed by atoms with Gasteiger partial charge in [-0.3, -0.25) is 4.79 Å². The van der Waals surface area contributed by atoms with Crippen LogP contribution in [0.25, 0.3) is 0 Å². The number of hydrogen-bond acceptors (Lipinski definition) is 4. The number of amides is 1. The zero-order valence-corrected chi connectivity index (χ0v) is 10.5. The highest BCUT2D eigenvalue weighted by molar-refractivity contribution is 6.00. The van der Waals surface area contributed by atoms with Crippen LogP contribution in [0.3, 0.4) is 0 Å². The predicted octanol–water partition coefficient (Wildman–Crippen LogP) is 1.64. The smallest absolute Gasteiger partial charge is 0.337 e. The predicted molar refractivity (Wildman–Crippen MR) is 68.9 cm³/mol. The van der Waals surface area contributed by atoms with Crippen molar-refractivity contribution in [2.75, 3.05) is 30.4 Å². The second kappa shape index (κ2) is 5.08. The Morgan fingerprint density at radius 2 is 2.28 bits per heavy atom. The van der Waals surface area contributed by atoms with Crippen LogP contribution in [-0.2, 0) is 9.53 Å². The Labute approximate surface area is 106 Å². The minimum atomic E-state index is -0.398. The van der Waals surface area contributed by atoms with Crippen molar-refractivity contribution >= 4 is 23.3 Å². The maximum absolute atomic E-state index is 11.9. The molecule has 0 aromatic heterocycles. The normalized spacial score (nSPS) is 14.6. The van der Waals surface area contributed by atoms with E-state index in [1.54, 1.807) is 17.0 Å². The maximum Gasteiger partial charge on any atom is 0.337 e. The van der Waals surface area contributed by atoms with E-state index in [0.717, 1.165) is 11.4 Å². The van der Waals surface area contributed by atoms with E-state index in [4.69, 9.17) is 4.74 Å². The molecule has 1 amide bonds. The number of hydrogen-bond donors (Lipinski definition) is 1. The quantitative estimate of drug-likeness (QED) is 0.808. The number of carbonyl (C=O) groups excluding carboxylic acids is 2. The van der Waals surface area contributed by atoms with Gasteiger partial charge in [-0.1, -0.05) is 0 Å². The fourth-order valence-electron chi connectivity index (χ4n) is 2.07. The summed E-state index contributed by atoms with van der Waals surface area (Å²) in [5, 5.41) is 3.19. The third kappa shape index (κ3) is 2.16. The maximum atomic E-state index is 11.9. The molecule has 18 heavy (non-hydrogen) atoms. The van der Waals surface area contributed by atoms with Crippen molar-refractivity contribution in [3.63, 3.8) is 0 Å². The van der Waals surface area contributed by atoms with Crippen molar-refractivity contribution in [3.8, 4) is 0 Å². The third-order valence-electron chi connectivity index (χ3n) is 2.98. The molecule has 0 spiro atoms. The van der Waals surface area contributed by atoms with E-state index >= 15 is 0 Å². The lowest BCUT2D eigenvalue weighted by molar-refractivity contribution is -0.118. The van der Waals surface area contributed by atoms with Crippen LogP contribution in [0.2, 0.25) is 0 Å². The van der Waals surface area contributed by atoms with E-state index in [1.165, 1.54) is 7.11 Å². The van der Waals surface area contributed by atoms with Gasteiger partial charge in [0.1, 0.15) is 0 Å². The first-order chi connectivity index (χ1) is 8.67. The molecule has 0 unspecified atom stereocenters. The van der Waals surface area contributed by atoms with Gasteiger partial charge in [-0.15, -0.1) is 0 Å². The summed E-state index contributed by atoms with van der Waals surface area (Å²) in [7, 11) is 1.34. The van der Waals surface area contributed by atoms with Crippen molar-refractivity contribution in [2.45, 2.75) is 13.3 Å². The van der Waals surface area contributed by atoms with Crippen LogP contribution in [0.5, 0.6) is 0 Å². The Balaban J connectivity index is 2.47. The Bertz CT molecular complexity index is 485. The van der Waals surface area contributed by atoms with Gasteiger partial charge >= 0.3 is 5.97 Å². The van der Waals surface area contributed by atoms with Crippen LogP contribution < -0.4 is 10.2 Å². The molecule has 0 fully saturated rings. The molecule has 1 aromatic rings. The first-order valence-corrected chi connectivity index (χ1v) is 5.94. The summed E-state index contributed by atoms with van der Waals surface area (Å²) in [4.78, 5) is 25.1. The number of fused-ring (bicyclic) bond motifs is 1. The average Bonchev–Trinajstić information content (AvgIpc) is 2.55. The van der Waals surface area contributed by atoms with Crippen LogP contribution in [0, 0.1) is 0 Å². The molecule has 0 atom stereocenters. The summed E-state index contributed by atoms with van der Waals surface area (Å²) in [6, 6.07) is 5.20. The lowest BCUT2D eigenvalue weighted by Gasteiger charge is -2.21. The zero-order chi connectivity index (χ0) is 13.1. The molecule has 96 valence electrons. The molecule has 0 aliphatic carbocycles. The number of ether oxygens (including phenoxy) is 1. The van der Waals surface area contributed by atoms with E-state index < -0.39 is 5.97 Å². The van der Waals surface area contributed by atoms with Gasteiger partial charge in [0.25, 0.3) is 0 Å². The first-order valence-electron chi connectivity index (χ1n) is 5.94. The van der Waals surface area contributed by atoms with Crippen molar-refractivity contribution in [1.29, 1.82) is 0 Å². The Hall–Kier alpha value is -2.04. The SMILES string of the molecule is CCN1C(=O)CCNc2ccc(C(=O)OC)cc21. The Morgan fingerprint density at radius 3 is 2.94 bits per heavy atom. The zero-order valence-electron chi connectivity index (χ0n) is 10.5. The highest BCUT2D eigenvalue weighted by atomic mass is 16.5. The van der Waals surface area contributed by atoms with E-state index in [2.05, 4.69) is 5.32 Å². The molecular weight excluding hydrogens is 232 g/mol. The molecule has 0 saturated heterocycles. The average molecular weight is 248 g/mol. The number of rotatable bonds is 2. The van der Waals surface area contributed by atoms with Gasteiger partial charge in [-0.25, -0.2) is 4.79 Å². The van der Waals surface area contributed by atoms with Crippen LogP contribution in [0.1, 0.15) is 23.7 Å². The number of methoxy groups -OCH3 is 1. The summed E-state index contributed by atoms with van der Waals surface area (Å²) in [6.45, 7) is 3.11. The number of esters is 1. The summed E-state index contributed by atoms with van der Waals surface area (Å²) in [5.41, 5.74) is 2.06. The van der Waals surface area contributed by atoms with Gasteiger partial charge in [0.15, 0.2) is 0 Å². The molecular formula is C13H16N2O3. The van der Waals surface area contributed by atoms with Crippen LogP contribution >= 0.6 is 0 Å². The second-order valence-electron chi connectivity index (χ2n) is 4.04. The van der Waals surface area contributed by atoms with E-state index in [9.17, 15) is 9.59 Å². The second-order valence-corrected chi connectivity index (χ2v) is 4.04. The summed E-state index contributed by atoms with van der Waals surface area (Å²) < 4.78 is 4.69. The van der Waals surface area contributed by atoms with E-state index in [1.807, 2.05) is 13.0 Å². The Kier molecular flexibility index (Phi) is 3.50. The number of benzene rings is 1. The van der Waals surface area contributed by atoms with Gasteiger partial charge in [-0.2, -0.15) is 0 Å². The van der Waals surface area contributed by atoms with Crippen molar-refractivity contribution in [3.05, 3.63) is 23.8 Å². The molecule has 1 heterocycles. The standard InChI is InChI=1S/C13H16N2O3/c1-3-15-11-8-9(13(17)18-2)4-5-10(11)14-7-6-12(15)16/h4-5,8,14H,3,6-7H2,1-2H3. The minimum absolute atomic E-state index is 0.0609. The number of nitrogens with zero attached hydrogens (tertiary/aromatic N) is 1. The fraction of sp³-hybridized carbons (Fsp3) is 0.385. The third-order valence-corrected chi connectivity index (χ3v) is 2.98. The van der Waals surface area contributed by atoms with Gasteiger partial charge in [-0.05, 0) is 25.1 Å². The molecule has 1 aliphatic heterocycles. The lowest BCUT2D eigenvalue weighted by Crippen LogP contribution is -2.29. The molecule has 1 aromatic carbocycles. The van der Waals surface area contributed by atoms with Crippen molar-refractivity contribution in [1.82, 2.24) is 0 Å². The van der Waals surface area contributed by atoms with Gasteiger partial charge < -0.3 is 15.0 Å². The molecule has 1 N–H and O–H groups in total. The van der Waals surface area contributed by atoms with Crippen LogP contribution in [-0.4, -0.2) is 32.1 Å². The summed E-state index contributed by atoms with van der Waals surface area (Å²) in [6.07, 6.45) is 0.454. The summed E-state index contributed by atoms with van der Waals surface area (Å²) in [5.74, 6) is -0.337. The highest BCUT2D eigenvalue weighted by Gasteiger charge is 2.22. The van der Waals surface area contributed by atoms with Crippen LogP contribution in [0.15, 0.2) is 18.2 Å². The number of nitrogens with one attached hydrogen (secondary N) is 1. The molecule has 2 rings (SSSR count). The number of carbonyl (C=O) groups is 2. The molecule has 5 nitrogen and oxygen atoms in total. The van der Waals surface area contributed by atoms with Crippen LogP contribution in [0.4, 0.5) is 11.4 Å². The first kappa shape index (κ1) is 12.4. The molecule has 5 heteroatoms. The molecule has 1 aliphatic rings.